The van der Waals surface area contributed by atoms with Gasteiger partial charge in [0.1, 0.15) is 19.3 Å². The first-order valence-corrected chi connectivity index (χ1v) is 7.45. The second kappa shape index (κ2) is 5.43. The van der Waals surface area contributed by atoms with E-state index in [1.807, 2.05) is 12.1 Å². The van der Waals surface area contributed by atoms with Gasteiger partial charge in [0.2, 0.25) is 0 Å². The van der Waals surface area contributed by atoms with E-state index >= 15 is 0 Å². The first-order chi connectivity index (χ1) is 11.2. The number of ketones is 1. The fourth-order valence-corrected chi connectivity index (χ4v) is 2.87. The van der Waals surface area contributed by atoms with Crippen molar-refractivity contribution in [3.05, 3.63) is 59.2 Å². The minimum absolute atomic E-state index is 0.100. The minimum atomic E-state index is -0.528. The summed E-state index contributed by atoms with van der Waals surface area (Å²) in [5, 5.41) is 0. The van der Waals surface area contributed by atoms with E-state index in [1.165, 1.54) is 0 Å². The largest absolute Gasteiger partial charge is 0.486 e. The average molecular weight is 310 g/mol. The third kappa shape index (κ3) is 2.44. The lowest BCUT2D eigenvalue weighted by Gasteiger charge is -2.19. The first-order valence-electron chi connectivity index (χ1n) is 7.45. The van der Waals surface area contributed by atoms with Gasteiger partial charge in [0.05, 0.1) is 12.0 Å². The molecular weight excluding hydrogens is 296 g/mol. The van der Waals surface area contributed by atoms with Crippen LogP contribution in [-0.2, 0) is 4.74 Å². The summed E-state index contributed by atoms with van der Waals surface area (Å²) in [6.07, 6.45) is -0.415. The molecule has 5 nitrogen and oxygen atoms in total. The molecule has 0 fully saturated rings. The van der Waals surface area contributed by atoms with Gasteiger partial charge in [-0.3, -0.25) is 4.79 Å². The van der Waals surface area contributed by atoms with Crippen LogP contribution >= 0.6 is 0 Å². The number of esters is 1. The van der Waals surface area contributed by atoms with Gasteiger partial charge in [-0.25, -0.2) is 4.79 Å². The van der Waals surface area contributed by atoms with Crippen LogP contribution in [0.4, 0.5) is 0 Å². The molecule has 2 heterocycles. The van der Waals surface area contributed by atoms with E-state index in [1.54, 1.807) is 30.3 Å². The lowest BCUT2D eigenvalue weighted by molar-refractivity contribution is 0.0367. The fraction of sp³-hybridized carbons (Fsp3) is 0.222. The van der Waals surface area contributed by atoms with Crippen LogP contribution in [-0.4, -0.2) is 25.0 Å². The highest BCUT2D eigenvalue weighted by molar-refractivity contribution is 5.99. The molecule has 0 N–H and O–H groups in total. The van der Waals surface area contributed by atoms with Crippen molar-refractivity contribution in [1.29, 1.82) is 0 Å². The molecule has 5 heteroatoms. The molecule has 0 aliphatic carbocycles. The number of benzene rings is 2. The molecule has 2 aromatic carbocycles. The van der Waals surface area contributed by atoms with Crippen LogP contribution in [0.2, 0.25) is 0 Å². The van der Waals surface area contributed by atoms with Crippen molar-refractivity contribution in [2.45, 2.75) is 12.5 Å². The van der Waals surface area contributed by atoms with Gasteiger partial charge >= 0.3 is 5.97 Å². The van der Waals surface area contributed by atoms with Crippen LogP contribution < -0.4 is 9.47 Å². The molecule has 0 aromatic heterocycles. The van der Waals surface area contributed by atoms with E-state index in [4.69, 9.17) is 14.2 Å². The molecule has 23 heavy (non-hydrogen) atoms. The van der Waals surface area contributed by atoms with E-state index in [0.29, 0.717) is 35.8 Å². The third-order valence-corrected chi connectivity index (χ3v) is 4.01. The highest BCUT2D eigenvalue weighted by Gasteiger charge is 2.32. The Bertz CT molecular complexity index is 796. The van der Waals surface area contributed by atoms with Gasteiger partial charge in [-0.1, -0.05) is 18.2 Å². The van der Waals surface area contributed by atoms with E-state index in [9.17, 15) is 9.59 Å². The van der Waals surface area contributed by atoms with Gasteiger partial charge in [0.15, 0.2) is 17.3 Å². The number of hydrogen-bond acceptors (Lipinski definition) is 5. The van der Waals surface area contributed by atoms with E-state index in [-0.39, 0.29) is 18.2 Å². The van der Waals surface area contributed by atoms with Crippen LogP contribution in [0.1, 0.15) is 38.8 Å². The number of ether oxygens (including phenoxy) is 3. The summed E-state index contributed by atoms with van der Waals surface area (Å²) in [5.41, 5.74) is 1.82. The maximum atomic E-state index is 12.5. The summed E-state index contributed by atoms with van der Waals surface area (Å²) in [4.78, 5) is 24.3. The summed E-state index contributed by atoms with van der Waals surface area (Å²) < 4.78 is 16.3. The van der Waals surface area contributed by atoms with Crippen molar-refractivity contribution >= 4 is 11.8 Å². The van der Waals surface area contributed by atoms with Crippen molar-refractivity contribution in [3.8, 4) is 11.5 Å². The molecule has 0 unspecified atom stereocenters. The zero-order chi connectivity index (χ0) is 15.8. The highest BCUT2D eigenvalue weighted by atomic mass is 16.6. The molecule has 1 atom stereocenters. The van der Waals surface area contributed by atoms with Crippen molar-refractivity contribution < 1.29 is 23.8 Å². The maximum absolute atomic E-state index is 12.5. The van der Waals surface area contributed by atoms with Crippen LogP contribution in [0.3, 0.4) is 0 Å². The van der Waals surface area contributed by atoms with E-state index in [0.717, 1.165) is 5.56 Å². The summed E-state index contributed by atoms with van der Waals surface area (Å²) >= 11 is 0. The zero-order valence-corrected chi connectivity index (χ0v) is 12.3. The van der Waals surface area contributed by atoms with Crippen molar-refractivity contribution in [1.82, 2.24) is 0 Å². The van der Waals surface area contributed by atoms with Gasteiger partial charge in [-0.05, 0) is 24.3 Å². The summed E-state index contributed by atoms with van der Waals surface area (Å²) in [7, 11) is 0. The summed E-state index contributed by atoms with van der Waals surface area (Å²) in [6.45, 7) is 0.980. The monoisotopic (exact) mass is 310 g/mol. The van der Waals surface area contributed by atoms with Crippen LogP contribution in [0, 0.1) is 0 Å². The molecule has 2 aliphatic rings. The Morgan fingerprint density at radius 3 is 2.70 bits per heavy atom. The molecule has 116 valence electrons. The minimum Gasteiger partial charge on any atom is -0.486 e. The van der Waals surface area contributed by atoms with Gasteiger partial charge < -0.3 is 14.2 Å². The number of hydrogen-bond donors (Lipinski definition) is 0. The highest BCUT2D eigenvalue weighted by Crippen LogP contribution is 2.35. The second-order valence-electron chi connectivity index (χ2n) is 5.47. The molecule has 0 spiro atoms. The molecule has 4 rings (SSSR count). The molecule has 0 saturated carbocycles. The van der Waals surface area contributed by atoms with Gasteiger partial charge in [-0.2, -0.15) is 0 Å². The fourth-order valence-electron chi connectivity index (χ4n) is 2.87. The lowest BCUT2D eigenvalue weighted by atomic mass is 9.98. The van der Waals surface area contributed by atoms with Crippen LogP contribution in [0.25, 0.3) is 0 Å². The molecule has 0 amide bonds. The summed E-state index contributed by atoms with van der Waals surface area (Å²) in [5.74, 6) is 0.744. The Labute approximate surface area is 132 Å². The summed E-state index contributed by atoms with van der Waals surface area (Å²) in [6, 6.07) is 12.3. The standard InChI is InChI=1S/C18H14O5/c19-14(11-5-6-15-17(9-11)22-8-7-21-15)10-16-12-3-1-2-4-13(12)18(20)23-16/h1-6,9,16H,7-8,10H2/t16-/m1/s1. The Morgan fingerprint density at radius 2 is 1.83 bits per heavy atom. The predicted molar refractivity (Wildman–Crippen MR) is 81.0 cm³/mol. The normalized spacial score (nSPS) is 18.3. The molecule has 2 aromatic rings. The van der Waals surface area contributed by atoms with Gasteiger partial charge in [0.25, 0.3) is 0 Å². The number of fused-ring (bicyclic) bond motifs is 2. The molecule has 0 bridgehead atoms. The van der Waals surface area contributed by atoms with Gasteiger partial charge in [0, 0.05) is 11.1 Å². The number of cyclic esters (lactones) is 1. The second-order valence-corrected chi connectivity index (χ2v) is 5.47. The number of carbonyl (C=O) groups excluding carboxylic acids is 2. The Morgan fingerprint density at radius 1 is 1.04 bits per heavy atom. The lowest BCUT2D eigenvalue weighted by Crippen LogP contribution is -2.16. The van der Waals surface area contributed by atoms with Gasteiger partial charge in [-0.15, -0.1) is 0 Å². The molecular formula is C18H14O5. The number of carbonyl (C=O) groups is 2. The average Bonchev–Trinajstić information content (AvgIpc) is 2.91. The predicted octanol–water partition coefficient (Wildman–Crippen LogP) is 2.94. The van der Waals surface area contributed by atoms with Crippen LogP contribution in [0.15, 0.2) is 42.5 Å². The molecule has 0 saturated heterocycles. The van der Waals surface area contributed by atoms with E-state index < -0.39 is 6.10 Å². The quantitative estimate of drug-likeness (QED) is 0.644. The third-order valence-electron chi connectivity index (χ3n) is 4.01. The maximum Gasteiger partial charge on any atom is 0.339 e. The smallest absolute Gasteiger partial charge is 0.339 e. The number of rotatable bonds is 3. The Kier molecular flexibility index (Phi) is 3.26. The molecule has 2 aliphatic heterocycles. The van der Waals surface area contributed by atoms with Crippen molar-refractivity contribution in [2.75, 3.05) is 13.2 Å². The van der Waals surface area contributed by atoms with Crippen molar-refractivity contribution in [2.24, 2.45) is 0 Å². The SMILES string of the molecule is O=C(C[C@H]1OC(=O)c2ccccc21)c1ccc2c(c1)OCCO2. The zero-order valence-electron chi connectivity index (χ0n) is 12.3. The van der Waals surface area contributed by atoms with Crippen molar-refractivity contribution in [3.63, 3.8) is 0 Å². The van der Waals surface area contributed by atoms with E-state index in [2.05, 4.69) is 0 Å². The Balaban J connectivity index is 1.56. The first kappa shape index (κ1) is 13.8. The Hall–Kier alpha value is -2.82. The number of Topliss-reactive ketones (excluding diaryl/α,β-unsaturated/α-hetero) is 1. The molecule has 0 radical (unpaired) electrons. The topological polar surface area (TPSA) is 61.8 Å². The van der Waals surface area contributed by atoms with Crippen LogP contribution in [0.5, 0.6) is 11.5 Å².